The van der Waals surface area contributed by atoms with Crippen LogP contribution in [0, 0.1) is 6.92 Å². The molecule has 0 bridgehead atoms. The van der Waals surface area contributed by atoms with Gasteiger partial charge in [0.25, 0.3) is 0 Å². The predicted molar refractivity (Wildman–Crippen MR) is 57.9 cm³/mol. The highest BCUT2D eigenvalue weighted by Crippen LogP contribution is 2.12. The Bertz CT molecular complexity index is 454. The average molecular weight is 229 g/mol. The monoisotopic (exact) mass is 229 g/mol. The Morgan fingerprint density at radius 2 is 2.13 bits per heavy atom. The summed E-state index contributed by atoms with van der Waals surface area (Å²) in [7, 11) is -3.08. The minimum Gasteiger partial charge on any atom is -0.324 e. The zero-order chi connectivity index (χ0) is 11.6. The van der Waals surface area contributed by atoms with E-state index >= 15 is 0 Å². The Hall–Kier alpha value is -1.01. The number of aryl methyl sites for hydroxylation is 1. The zero-order valence-electron chi connectivity index (χ0n) is 9.06. The Balaban J connectivity index is 3.02. The van der Waals surface area contributed by atoms with Crippen LogP contribution in [0.3, 0.4) is 0 Å². The van der Waals surface area contributed by atoms with E-state index in [-0.39, 0.29) is 11.8 Å². The lowest BCUT2D eigenvalue weighted by Gasteiger charge is -2.09. The number of rotatable bonds is 3. The van der Waals surface area contributed by atoms with E-state index in [0.717, 1.165) is 17.5 Å². The third-order valence-corrected chi connectivity index (χ3v) is 2.73. The summed E-state index contributed by atoms with van der Waals surface area (Å²) in [6.45, 7) is 3.63. The summed E-state index contributed by atoms with van der Waals surface area (Å²) in [6.07, 6.45) is 2.75. The molecule has 0 radical (unpaired) electrons. The van der Waals surface area contributed by atoms with Crippen LogP contribution in [0.5, 0.6) is 0 Å². The molecule has 0 fully saturated rings. The van der Waals surface area contributed by atoms with Gasteiger partial charge in [0.2, 0.25) is 0 Å². The van der Waals surface area contributed by atoms with Crippen LogP contribution in [0.1, 0.15) is 30.0 Å². The molecule has 0 saturated heterocycles. The molecule has 1 aromatic rings. The molecule has 1 atom stereocenters. The standard InChI is InChI=1S/C9H15N3O2S/c1-6(10)8-4-11-9(12-7(8)2)5-15(3,13)14/h4,6H,5,10H2,1-3H3. The molecular formula is C9H15N3O2S. The van der Waals surface area contributed by atoms with Crippen LogP contribution < -0.4 is 5.73 Å². The SMILES string of the molecule is Cc1nc(CS(C)(=O)=O)ncc1C(C)N. The first kappa shape index (κ1) is 12.1. The van der Waals surface area contributed by atoms with Crippen LogP contribution in [-0.2, 0) is 15.6 Å². The smallest absolute Gasteiger partial charge is 0.154 e. The summed E-state index contributed by atoms with van der Waals surface area (Å²) in [4.78, 5) is 8.09. The van der Waals surface area contributed by atoms with Gasteiger partial charge in [0.05, 0.1) is 0 Å². The van der Waals surface area contributed by atoms with E-state index < -0.39 is 9.84 Å². The minimum atomic E-state index is -3.08. The van der Waals surface area contributed by atoms with E-state index in [1.807, 2.05) is 6.92 Å². The molecule has 6 heteroatoms. The molecule has 0 saturated carbocycles. The molecule has 2 N–H and O–H groups in total. The van der Waals surface area contributed by atoms with E-state index in [1.54, 1.807) is 13.1 Å². The topological polar surface area (TPSA) is 85.9 Å². The van der Waals surface area contributed by atoms with Crippen molar-refractivity contribution in [1.82, 2.24) is 9.97 Å². The first-order chi connectivity index (χ1) is 6.79. The molecule has 0 aliphatic heterocycles. The van der Waals surface area contributed by atoms with Gasteiger partial charge >= 0.3 is 0 Å². The third kappa shape index (κ3) is 3.56. The van der Waals surface area contributed by atoms with Gasteiger partial charge in [-0.3, -0.25) is 0 Å². The molecule has 0 aliphatic rings. The van der Waals surface area contributed by atoms with Crippen LogP contribution in [0.2, 0.25) is 0 Å². The van der Waals surface area contributed by atoms with Crippen molar-refractivity contribution in [2.75, 3.05) is 6.26 Å². The average Bonchev–Trinajstić information content (AvgIpc) is 1.99. The van der Waals surface area contributed by atoms with Crippen LogP contribution in [0.15, 0.2) is 6.20 Å². The molecule has 1 unspecified atom stereocenters. The van der Waals surface area contributed by atoms with Gasteiger partial charge in [0, 0.05) is 29.8 Å². The van der Waals surface area contributed by atoms with Gasteiger partial charge in [-0.05, 0) is 13.8 Å². The van der Waals surface area contributed by atoms with Gasteiger partial charge in [-0.25, -0.2) is 18.4 Å². The van der Waals surface area contributed by atoms with E-state index in [2.05, 4.69) is 9.97 Å². The largest absolute Gasteiger partial charge is 0.324 e. The minimum absolute atomic E-state index is 0.132. The Morgan fingerprint density at radius 3 is 2.53 bits per heavy atom. The van der Waals surface area contributed by atoms with Crippen molar-refractivity contribution < 1.29 is 8.42 Å². The van der Waals surface area contributed by atoms with Crippen molar-refractivity contribution in [3.05, 3.63) is 23.3 Å². The molecule has 0 aliphatic carbocycles. The van der Waals surface area contributed by atoms with Crippen LogP contribution >= 0.6 is 0 Å². The fourth-order valence-electron chi connectivity index (χ4n) is 1.28. The van der Waals surface area contributed by atoms with Crippen LogP contribution in [0.4, 0.5) is 0 Å². The summed E-state index contributed by atoms with van der Waals surface area (Å²) >= 11 is 0. The summed E-state index contributed by atoms with van der Waals surface area (Å²) < 4.78 is 22.1. The second-order valence-corrected chi connectivity index (χ2v) is 5.83. The summed E-state index contributed by atoms with van der Waals surface area (Å²) in [6, 6.07) is -0.141. The summed E-state index contributed by atoms with van der Waals surface area (Å²) in [5.41, 5.74) is 7.27. The van der Waals surface area contributed by atoms with E-state index in [0.29, 0.717) is 5.82 Å². The summed E-state index contributed by atoms with van der Waals surface area (Å²) in [5, 5.41) is 0. The highest BCUT2D eigenvalue weighted by molar-refractivity contribution is 7.89. The lowest BCUT2D eigenvalue weighted by molar-refractivity contribution is 0.599. The number of hydrogen-bond acceptors (Lipinski definition) is 5. The lowest BCUT2D eigenvalue weighted by atomic mass is 10.1. The first-order valence-electron chi connectivity index (χ1n) is 4.55. The molecule has 1 aromatic heterocycles. The third-order valence-electron chi connectivity index (χ3n) is 1.95. The molecule has 0 aromatic carbocycles. The van der Waals surface area contributed by atoms with Gasteiger partial charge in [0.1, 0.15) is 11.6 Å². The number of nitrogens with two attached hydrogens (primary N) is 1. The van der Waals surface area contributed by atoms with Gasteiger partial charge in [0.15, 0.2) is 9.84 Å². The van der Waals surface area contributed by atoms with Gasteiger partial charge < -0.3 is 5.73 Å². The van der Waals surface area contributed by atoms with Crippen molar-refractivity contribution in [3.8, 4) is 0 Å². The Kier molecular flexibility index (Phi) is 3.41. The Labute approximate surface area is 89.7 Å². The van der Waals surface area contributed by atoms with Crippen molar-refractivity contribution in [1.29, 1.82) is 0 Å². The van der Waals surface area contributed by atoms with E-state index in [4.69, 9.17) is 5.73 Å². The fraction of sp³-hybridized carbons (Fsp3) is 0.556. The molecule has 0 amide bonds. The maximum absolute atomic E-state index is 11.0. The maximum Gasteiger partial charge on any atom is 0.154 e. The Morgan fingerprint density at radius 1 is 1.53 bits per heavy atom. The molecule has 15 heavy (non-hydrogen) atoms. The molecule has 1 rings (SSSR count). The summed E-state index contributed by atoms with van der Waals surface area (Å²) in [5.74, 6) is 0.187. The van der Waals surface area contributed by atoms with Gasteiger partial charge in [-0.2, -0.15) is 0 Å². The number of aromatic nitrogens is 2. The van der Waals surface area contributed by atoms with E-state index in [9.17, 15) is 8.42 Å². The second kappa shape index (κ2) is 4.24. The number of nitrogens with zero attached hydrogens (tertiary/aromatic N) is 2. The van der Waals surface area contributed by atoms with Crippen LogP contribution in [0.25, 0.3) is 0 Å². The van der Waals surface area contributed by atoms with Gasteiger partial charge in [-0.1, -0.05) is 0 Å². The van der Waals surface area contributed by atoms with E-state index in [1.165, 1.54) is 0 Å². The van der Waals surface area contributed by atoms with Crippen molar-refractivity contribution >= 4 is 9.84 Å². The first-order valence-corrected chi connectivity index (χ1v) is 6.61. The van der Waals surface area contributed by atoms with Crippen molar-refractivity contribution in [2.45, 2.75) is 25.6 Å². The lowest BCUT2D eigenvalue weighted by Crippen LogP contribution is -2.12. The molecular weight excluding hydrogens is 214 g/mol. The number of hydrogen-bond donors (Lipinski definition) is 1. The zero-order valence-corrected chi connectivity index (χ0v) is 9.87. The quantitative estimate of drug-likeness (QED) is 0.808. The van der Waals surface area contributed by atoms with Crippen LogP contribution in [-0.4, -0.2) is 24.6 Å². The fourth-order valence-corrected chi connectivity index (χ4v) is 1.88. The maximum atomic E-state index is 11.0. The molecule has 84 valence electrons. The molecule has 1 heterocycles. The normalized spacial score (nSPS) is 13.9. The predicted octanol–water partition coefficient (Wildman–Crippen LogP) is 0.349. The number of sulfone groups is 1. The van der Waals surface area contributed by atoms with Crippen molar-refractivity contribution in [2.24, 2.45) is 5.73 Å². The highest BCUT2D eigenvalue weighted by atomic mass is 32.2. The second-order valence-electron chi connectivity index (χ2n) is 3.69. The molecule has 0 spiro atoms. The highest BCUT2D eigenvalue weighted by Gasteiger charge is 2.10. The molecule has 5 nitrogen and oxygen atoms in total. The van der Waals surface area contributed by atoms with Crippen molar-refractivity contribution in [3.63, 3.8) is 0 Å². The van der Waals surface area contributed by atoms with Gasteiger partial charge in [-0.15, -0.1) is 0 Å².